The molecule has 0 spiro atoms. The van der Waals surface area contributed by atoms with Crippen molar-refractivity contribution in [1.29, 1.82) is 0 Å². The number of carbonyl (C=O) groups excluding carboxylic acids is 1. The van der Waals surface area contributed by atoms with Gasteiger partial charge in [-0.15, -0.1) is 0 Å². The number of aromatic nitrogens is 1. The summed E-state index contributed by atoms with van der Waals surface area (Å²) >= 11 is 1.58. The Bertz CT molecular complexity index is 557. The molecule has 5 nitrogen and oxygen atoms in total. The summed E-state index contributed by atoms with van der Waals surface area (Å²) in [5, 5.41) is 15.8. The van der Waals surface area contributed by atoms with E-state index in [0.717, 1.165) is 11.1 Å². The summed E-state index contributed by atoms with van der Waals surface area (Å²) in [5.74, 6) is 0.547. The molecule has 0 aliphatic carbocycles. The lowest BCUT2D eigenvalue weighted by Crippen LogP contribution is -2.36. The van der Waals surface area contributed by atoms with Gasteiger partial charge in [0.15, 0.2) is 0 Å². The van der Waals surface area contributed by atoms with Crippen LogP contribution in [0.15, 0.2) is 35.2 Å². The molecule has 2 rings (SSSR count). The van der Waals surface area contributed by atoms with Gasteiger partial charge in [-0.25, -0.2) is 9.78 Å². The molecule has 2 N–H and O–H groups in total. The Morgan fingerprint density at radius 1 is 1.50 bits per heavy atom. The van der Waals surface area contributed by atoms with E-state index in [1.54, 1.807) is 22.4 Å². The quantitative estimate of drug-likeness (QED) is 0.889. The van der Waals surface area contributed by atoms with Crippen molar-refractivity contribution in [3.05, 3.63) is 46.3 Å². The number of amides is 2. The van der Waals surface area contributed by atoms with Crippen LogP contribution in [0.2, 0.25) is 0 Å². The molecule has 0 aliphatic rings. The zero-order valence-electron chi connectivity index (χ0n) is 11.2. The fourth-order valence-corrected chi connectivity index (χ4v) is 2.43. The highest BCUT2D eigenvalue weighted by Gasteiger charge is 2.15. The van der Waals surface area contributed by atoms with Crippen molar-refractivity contribution >= 4 is 23.2 Å². The first-order valence-corrected chi connectivity index (χ1v) is 7.24. The number of pyridine rings is 1. The largest absolute Gasteiger partial charge is 0.395 e. The second-order valence-corrected chi connectivity index (χ2v) is 5.16. The van der Waals surface area contributed by atoms with Crippen molar-refractivity contribution in [1.82, 2.24) is 9.88 Å². The van der Waals surface area contributed by atoms with Gasteiger partial charge in [0.05, 0.1) is 6.61 Å². The van der Waals surface area contributed by atoms with Gasteiger partial charge in [0.2, 0.25) is 0 Å². The zero-order valence-corrected chi connectivity index (χ0v) is 12.1. The van der Waals surface area contributed by atoms with Gasteiger partial charge in [-0.2, -0.15) is 11.3 Å². The third-order valence-electron chi connectivity index (χ3n) is 2.85. The number of carbonyl (C=O) groups is 1. The number of nitrogens with one attached hydrogen (secondary N) is 1. The van der Waals surface area contributed by atoms with E-state index in [2.05, 4.69) is 10.3 Å². The Morgan fingerprint density at radius 3 is 3.00 bits per heavy atom. The van der Waals surface area contributed by atoms with Crippen LogP contribution < -0.4 is 5.32 Å². The van der Waals surface area contributed by atoms with Crippen LogP contribution in [-0.4, -0.2) is 34.2 Å². The summed E-state index contributed by atoms with van der Waals surface area (Å²) in [5.41, 5.74) is 1.96. The molecular weight excluding hydrogens is 274 g/mol. The molecule has 0 saturated carbocycles. The molecule has 0 aliphatic heterocycles. The van der Waals surface area contributed by atoms with Gasteiger partial charge in [-0.05, 0) is 40.9 Å². The molecule has 2 heterocycles. The van der Waals surface area contributed by atoms with Crippen molar-refractivity contribution < 1.29 is 9.90 Å². The summed E-state index contributed by atoms with van der Waals surface area (Å²) in [4.78, 5) is 18.0. The van der Waals surface area contributed by atoms with Crippen molar-refractivity contribution in [3.63, 3.8) is 0 Å². The lowest BCUT2D eigenvalue weighted by atomic mass is 10.3. The van der Waals surface area contributed by atoms with Crippen molar-refractivity contribution in [2.45, 2.75) is 13.5 Å². The van der Waals surface area contributed by atoms with Gasteiger partial charge in [-0.1, -0.05) is 6.07 Å². The lowest BCUT2D eigenvalue weighted by Gasteiger charge is -2.22. The summed E-state index contributed by atoms with van der Waals surface area (Å²) in [7, 11) is 0. The smallest absolute Gasteiger partial charge is 0.323 e. The van der Waals surface area contributed by atoms with Gasteiger partial charge in [0.25, 0.3) is 0 Å². The Hall–Kier alpha value is -1.92. The minimum Gasteiger partial charge on any atom is -0.395 e. The van der Waals surface area contributed by atoms with E-state index in [9.17, 15) is 4.79 Å². The zero-order chi connectivity index (χ0) is 14.4. The molecule has 2 amide bonds. The molecule has 0 fully saturated rings. The van der Waals surface area contributed by atoms with Gasteiger partial charge >= 0.3 is 6.03 Å². The fourth-order valence-electron chi connectivity index (χ4n) is 1.77. The predicted octanol–water partition coefficient (Wildman–Crippen LogP) is 2.48. The van der Waals surface area contributed by atoms with Gasteiger partial charge < -0.3 is 10.0 Å². The molecule has 0 bridgehead atoms. The predicted molar refractivity (Wildman–Crippen MR) is 79.8 cm³/mol. The summed E-state index contributed by atoms with van der Waals surface area (Å²) in [6.07, 6.45) is 1.64. The Balaban J connectivity index is 2.05. The van der Waals surface area contributed by atoms with Crippen LogP contribution in [0.1, 0.15) is 11.1 Å². The normalized spacial score (nSPS) is 10.3. The average Bonchev–Trinajstić information content (AvgIpc) is 2.94. The molecule has 20 heavy (non-hydrogen) atoms. The van der Waals surface area contributed by atoms with Crippen molar-refractivity contribution in [2.24, 2.45) is 0 Å². The van der Waals surface area contributed by atoms with Crippen LogP contribution in [0.25, 0.3) is 0 Å². The second kappa shape index (κ2) is 7.02. The van der Waals surface area contributed by atoms with E-state index in [1.807, 2.05) is 35.9 Å². The molecule has 6 heteroatoms. The Kier molecular flexibility index (Phi) is 5.09. The highest BCUT2D eigenvalue weighted by Crippen LogP contribution is 2.13. The molecule has 0 saturated heterocycles. The standard InChI is InChI=1S/C14H17N3O2S/c1-11-3-2-5-15-13(11)16-14(19)17(6-7-18)9-12-4-8-20-10-12/h2-5,8,10,18H,6-7,9H2,1H3,(H,15,16,19). The van der Waals surface area contributed by atoms with Crippen LogP contribution in [0, 0.1) is 6.92 Å². The highest BCUT2D eigenvalue weighted by atomic mass is 32.1. The van der Waals surface area contributed by atoms with Gasteiger partial charge in [-0.3, -0.25) is 5.32 Å². The van der Waals surface area contributed by atoms with Crippen LogP contribution in [0.4, 0.5) is 10.6 Å². The first kappa shape index (κ1) is 14.5. The maximum Gasteiger partial charge on any atom is 0.323 e. The number of aryl methyl sites for hydroxylation is 1. The number of nitrogens with zero attached hydrogens (tertiary/aromatic N) is 2. The van der Waals surface area contributed by atoms with Gasteiger partial charge in [0, 0.05) is 19.3 Å². The number of aliphatic hydroxyl groups excluding tert-OH is 1. The summed E-state index contributed by atoms with van der Waals surface area (Å²) < 4.78 is 0. The topological polar surface area (TPSA) is 65.5 Å². The van der Waals surface area contributed by atoms with Crippen LogP contribution in [0.3, 0.4) is 0 Å². The van der Waals surface area contributed by atoms with E-state index >= 15 is 0 Å². The fraction of sp³-hybridized carbons (Fsp3) is 0.286. The van der Waals surface area contributed by atoms with E-state index in [0.29, 0.717) is 12.4 Å². The molecule has 0 unspecified atom stereocenters. The number of urea groups is 1. The molecule has 2 aromatic heterocycles. The molecule has 2 aromatic rings. The number of aliphatic hydroxyl groups is 1. The molecule has 0 atom stereocenters. The van der Waals surface area contributed by atoms with E-state index in [-0.39, 0.29) is 19.2 Å². The van der Waals surface area contributed by atoms with Crippen LogP contribution in [-0.2, 0) is 6.54 Å². The molecule has 0 radical (unpaired) electrons. The monoisotopic (exact) mass is 291 g/mol. The molecule has 0 aromatic carbocycles. The number of anilines is 1. The van der Waals surface area contributed by atoms with E-state index < -0.39 is 0 Å². The first-order chi connectivity index (χ1) is 9.70. The third kappa shape index (κ3) is 3.79. The van der Waals surface area contributed by atoms with E-state index in [1.165, 1.54) is 0 Å². The maximum absolute atomic E-state index is 12.2. The van der Waals surface area contributed by atoms with Crippen LogP contribution >= 0.6 is 11.3 Å². The third-order valence-corrected chi connectivity index (χ3v) is 3.58. The second-order valence-electron chi connectivity index (χ2n) is 4.38. The number of rotatable bonds is 5. The van der Waals surface area contributed by atoms with E-state index in [4.69, 9.17) is 5.11 Å². The minimum atomic E-state index is -0.257. The first-order valence-electron chi connectivity index (χ1n) is 6.30. The Morgan fingerprint density at radius 2 is 2.35 bits per heavy atom. The number of hydrogen-bond donors (Lipinski definition) is 2. The van der Waals surface area contributed by atoms with Crippen molar-refractivity contribution in [2.75, 3.05) is 18.5 Å². The molecule has 106 valence electrons. The minimum absolute atomic E-state index is 0.0707. The SMILES string of the molecule is Cc1cccnc1NC(=O)N(CCO)Cc1ccsc1. The number of thiophene rings is 1. The molecular formula is C14H17N3O2S. The maximum atomic E-state index is 12.2. The lowest BCUT2D eigenvalue weighted by molar-refractivity contribution is 0.185. The highest BCUT2D eigenvalue weighted by molar-refractivity contribution is 7.07. The number of hydrogen-bond acceptors (Lipinski definition) is 4. The van der Waals surface area contributed by atoms with Gasteiger partial charge in [0.1, 0.15) is 5.82 Å². The summed E-state index contributed by atoms with van der Waals surface area (Å²) in [6.45, 7) is 2.58. The Labute approximate surface area is 121 Å². The van der Waals surface area contributed by atoms with Crippen LogP contribution in [0.5, 0.6) is 0 Å². The summed E-state index contributed by atoms with van der Waals surface area (Å²) in [6, 6.07) is 5.42. The van der Waals surface area contributed by atoms with Crippen molar-refractivity contribution in [3.8, 4) is 0 Å². The average molecular weight is 291 g/mol.